The first-order valence-corrected chi connectivity index (χ1v) is 13.4. The highest BCUT2D eigenvalue weighted by atomic mass is 32.2. The van der Waals surface area contributed by atoms with Gasteiger partial charge in [0.1, 0.15) is 18.0 Å². The molecule has 8 heteroatoms. The van der Waals surface area contributed by atoms with Gasteiger partial charge in [0.05, 0.1) is 30.3 Å². The predicted octanol–water partition coefficient (Wildman–Crippen LogP) is 5.19. The van der Waals surface area contributed by atoms with E-state index in [1.54, 1.807) is 49.6 Å². The normalized spacial score (nSPS) is 12.1. The van der Waals surface area contributed by atoms with Gasteiger partial charge in [0.25, 0.3) is 10.0 Å². The molecule has 36 heavy (non-hydrogen) atoms. The fourth-order valence-electron chi connectivity index (χ4n) is 3.92. The van der Waals surface area contributed by atoms with Crippen LogP contribution in [-0.4, -0.2) is 34.6 Å². The molecule has 0 fully saturated rings. The monoisotopic (exact) mass is 510 g/mol. The van der Waals surface area contributed by atoms with Crippen LogP contribution in [0.3, 0.4) is 0 Å². The number of nitrogens with zero attached hydrogens (tertiary/aromatic N) is 1. The summed E-state index contributed by atoms with van der Waals surface area (Å²) in [6.45, 7) is 5.94. The summed E-state index contributed by atoms with van der Waals surface area (Å²) in [7, 11) is -2.45. The number of ether oxygens (including phenoxy) is 2. The minimum absolute atomic E-state index is 0.0954. The number of carbonyl (C=O) groups is 1. The van der Waals surface area contributed by atoms with E-state index in [0.717, 1.165) is 15.6 Å². The summed E-state index contributed by atoms with van der Waals surface area (Å²) in [5.74, 6) is 1.00. The molecule has 192 valence electrons. The number of nitrogens with one attached hydrogen (secondary N) is 1. The maximum atomic E-state index is 13.7. The summed E-state index contributed by atoms with van der Waals surface area (Å²) in [6, 6.07) is 22.2. The minimum Gasteiger partial charge on any atom is -0.497 e. The van der Waals surface area contributed by atoms with Gasteiger partial charge < -0.3 is 14.8 Å². The molecule has 0 unspecified atom stereocenters. The maximum absolute atomic E-state index is 13.7. The smallest absolute Gasteiger partial charge is 0.264 e. The molecule has 0 spiro atoms. The molecule has 3 aromatic rings. The Morgan fingerprint density at radius 2 is 1.58 bits per heavy atom. The van der Waals surface area contributed by atoms with Crippen molar-refractivity contribution in [3.8, 4) is 11.5 Å². The zero-order chi connectivity index (χ0) is 26.1. The molecule has 0 heterocycles. The summed E-state index contributed by atoms with van der Waals surface area (Å²) < 4.78 is 39.5. The molecule has 0 saturated heterocycles. The van der Waals surface area contributed by atoms with E-state index < -0.39 is 22.5 Å². The Labute approximate surface area is 214 Å². The molecule has 1 N–H and O–H groups in total. The number of carbonyl (C=O) groups excluding carboxylic acids is 1. The SMILES string of the molecule is CCOc1ccccc1N(CC(=O)N[C@@H](CC(C)C)c1ccc(OC)cc1)S(=O)(=O)c1ccccc1. The number of para-hydroxylation sites is 2. The van der Waals surface area contributed by atoms with Gasteiger partial charge in [0.15, 0.2) is 0 Å². The molecule has 0 radical (unpaired) electrons. The number of anilines is 1. The van der Waals surface area contributed by atoms with Crippen molar-refractivity contribution < 1.29 is 22.7 Å². The van der Waals surface area contributed by atoms with Crippen molar-refractivity contribution in [1.29, 1.82) is 0 Å². The van der Waals surface area contributed by atoms with Crippen molar-refractivity contribution in [3.63, 3.8) is 0 Å². The van der Waals surface area contributed by atoms with E-state index >= 15 is 0 Å². The van der Waals surface area contributed by atoms with Gasteiger partial charge in [-0.15, -0.1) is 0 Å². The van der Waals surface area contributed by atoms with Crippen LogP contribution in [0.4, 0.5) is 5.69 Å². The lowest BCUT2D eigenvalue weighted by molar-refractivity contribution is -0.120. The van der Waals surface area contributed by atoms with Gasteiger partial charge in [0, 0.05) is 0 Å². The Morgan fingerprint density at radius 1 is 0.944 bits per heavy atom. The first-order chi connectivity index (χ1) is 17.3. The Balaban J connectivity index is 1.95. The number of rotatable bonds is 12. The second-order valence-electron chi connectivity index (χ2n) is 8.75. The number of methoxy groups -OCH3 is 1. The molecule has 0 aliphatic carbocycles. The number of sulfonamides is 1. The van der Waals surface area contributed by atoms with Gasteiger partial charge in [-0.2, -0.15) is 0 Å². The molecule has 1 atom stereocenters. The van der Waals surface area contributed by atoms with Crippen LogP contribution in [0.5, 0.6) is 11.5 Å². The van der Waals surface area contributed by atoms with Crippen LogP contribution in [0.15, 0.2) is 83.8 Å². The second-order valence-corrected chi connectivity index (χ2v) is 10.6. The molecule has 0 aliphatic heterocycles. The van der Waals surface area contributed by atoms with Crippen molar-refractivity contribution in [1.82, 2.24) is 5.32 Å². The lowest BCUT2D eigenvalue weighted by Gasteiger charge is -2.27. The Hall–Kier alpha value is -3.52. The Bertz CT molecular complexity index is 1230. The lowest BCUT2D eigenvalue weighted by Crippen LogP contribution is -2.42. The highest BCUT2D eigenvalue weighted by molar-refractivity contribution is 7.92. The van der Waals surface area contributed by atoms with Crippen LogP contribution < -0.4 is 19.1 Å². The lowest BCUT2D eigenvalue weighted by atomic mass is 9.97. The van der Waals surface area contributed by atoms with Crippen molar-refractivity contribution in [2.45, 2.75) is 38.1 Å². The molecule has 3 rings (SSSR count). The van der Waals surface area contributed by atoms with Gasteiger partial charge in [0.2, 0.25) is 5.91 Å². The van der Waals surface area contributed by atoms with E-state index in [-0.39, 0.29) is 10.9 Å². The van der Waals surface area contributed by atoms with Crippen molar-refractivity contribution in [2.75, 3.05) is 24.6 Å². The Kier molecular flexibility index (Phi) is 9.36. The van der Waals surface area contributed by atoms with E-state index in [4.69, 9.17) is 9.47 Å². The second kappa shape index (κ2) is 12.4. The van der Waals surface area contributed by atoms with Gasteiger partial charge in [-0.1, -0.05) is 56.3 Å². The standard InChI is InChI=1S/C28H34N2O5S/c1-5-35-27-14-10-9-13-26(27)30(36(32,33)24-11-7-6-8-12-24)20-28(31)29-25(19-21(2)3)22-15-17-23(34-4)18-16-22/h6-18,21,25H,5,19-20H2,1-4H3,(H,29,31)/t25-/m0/s1. The largest absolute Gasteiger partial charge is 0.497 e. The minimum atomic E-state index is -4.05. The third-order valence-electron chi connectivity index (χ3n) is 5.61. The summed E-state index contributed by atoms with van der Waals surface area (Å²) >= 11 is 0. The molecular formula is C28H34N2O5S. The topological polar surface area (TPSA) is 84.9 Å². The first-order valence-electron chi connectivity index (χ1n) is 12.0. The van der Waals surface area contributed by atoms with Crippen LogP contribution in [0.25, 0.3) is 0 Å². The van der Waals surface area contributed by atoms with Crippen LogP contribution in [0.1, 0.15) is 38.8 Å². The summed E-state index contributed by atoms with van der Waals surface area (Å²) in [6.07, 6.45) is 0.693. The quantitative estimate of drug-likeness (QED) is 0.362. The van der Waals surface area contributed by atoms with Gasteiger partial charge in [-0.05, 0) is 61.2 Å². The van der Waals surface area contributed by atoms with Crippen LogP contribution in [0, 0.1) is 5.92 Å². The molecule has 0 aliphatic rings. The van der Waals surface area contributed by atoms with Crippen molar-refractivity contribution >= 4 is 21.6 Å². The van der Waals surface area contributed by atoms with Crippen LogP contribution in [0.2, 0.25) is 0 Å². The fourth-order valence-corrected chi connectivity index (χ4v) is 5.37. The zero-order valence-corrected chi connectivity index (χ0v) is 22.0. The average molecular weight is 511 g/mol. The summed E-state index contributed by atoms with van der Waals surface area (Å²) in [5.41, 5.74) is 1.23. The van der Waals surface area contributed by atoms with E-state index in [0.29, 0.717) is 30.4 Å². The highest BCUT2D eigenvalue weighted by Gasteiger charge is 2.30. The fraction of sp³-hybridized carbons (Fsp3) is 0.321. The molecule has 0 saturated carbocycles. The molecule has 3 aromatic carbocycles. The summed E-state index contributed by atoms with van der Waals surface area (Å²) in [4.78, 5) is 13.5. The highest BCUT2D eigenvalue weighted by Crippen LogP contribution is 2.32. The number of benzene rings is 3. The number of hydrogen-bond acceptors (Lipinski definition) is 5. The molecule has 0 bridgehead atoms. The van der Waals surface area contributed by atoms with Crippen molar-refractivity contribution in [2.24, 2.45) is 5.92 Å². The predicted molar refractivity (Wildman–Crippen MR) is 142 cm³/mol. The third kappa shape index (κ3) is 6.79. The molecule has 7 nitrogen and oxygen atoms in total. The summed E-state index contributed by atoms with van der Waals surface area (Å²) in [5, 5.41) is 3.05. The average Bonchev–Trinajstić information content (AvgIpc) is 2.88. The number of hydrogen-bond donors (Lipinski definition) is 1. The van der Waals surface area contributed by atoms with Crippen molar-refractivity contribution in [3.05, 3.63) is 84.4 Å². The van der Waals surface area contributed by atoms with Crippen LogP contribution >= 0.6 is 0 Å². The van der Waals surface area contributed by atoms with Gasteiger partial charge in [-0.3, -0.25) is 9.10 Å². The van der Waals surface area contributed by atoms with Gasteiger partial charge >= 0.3 is 0 Å². The number of amides is 1. The Morgan fingerprint density at radius 3 is 2.19 bits per heavy atom. The molecule has 1 amide bonds. The van der Waals surface area contributed by atoms with E-state index in [2.05, 4.69) is 19.2 Å². The van der Waals surface area contributed by atoms with E-state index in [9.17, 15) is 13.2 Å². The third-order valence-corrected chi connectivity index (χ3v) is 7.39. The first kappa shape index (κ1) is 27.1. The van der Waals surface area contributed by atoms with E-state index in [1.165, 1.54) is 12.1 Å². The zero-order valence-electron chi connectivity index (χ0n) is 21.2. The van der Waals surface area contributed by atoms with E-state index in [1.807, 2.05) is 31.2 Å². The van der Waals surface area contributed by atoms with Gasteiger partial charge in [-0.25, -0.2) is 8.42 Å². The molecular weight excluding hydrogens is 476 g/mol. The maximum Gasteiger partial charge on any atom is 0.264 e. The van der Waals surface area contributed by atoms with Crippen LogP contribution in [-0.2, 0) is 14.8 Å². The molecule has 0 aromatic heterocycles.